The molecule has 1 fully saturated rings. The quantitative estimate of drug-likeness (QED) is 0.262. The number of carbonyl (C=O) groups excluding carboxylic acids is 1. The van der Waals surface area contributed by atoms with Crippen LogP contribution < -0.4 is 4.74 Å². The number of carbonyl (C=O) groups is 1. The molecule has 0 atom stereocenters. The number of benzene rings is 4. The van der Waals surface area contributed by atoms with Crippen molar-refractivity contribution < 1.29 is 17.9 Å². The fourth-order valence-electron chi connectivity index (χ4n) is 5.57. The molecule has 0 spiro atoms. The van der Waals surface area contributed by atoms with Crippen LogP contribution in [0.4, 0.5) is 0 Å². The Kier molecular flexibility index (Phi) is 7.11. The normalized spacial score (nSPS) is 14.3. The van der Waals surface area contributed by atoms with E-state index in [4.69, 9.17) is 4.74 Å². The summed E-state index contributed by atoms with van der Waals surface area (Å²) in [5.74, 6) is 0.657. The highest BCUT2D eigenvalue weighted by molar-refractivity contribution is 7.89. The van der Waals surface area contributed by atoms with E-state index in [1.165, 1.54) is 4.31 Å². The molecule has 1 saturated heterocycles. The molecule has 0 bridgehead atoms. The van der Waals surface area contributed by atoms with Gasteiger partial charge < -0.3 is 14.2 Å². The summed E-state index contributed by atoms with van der Waals surface area (Å²) in [4.78, 5) is 15.9. The number of rotatable bonds is 6. The van der Waals surface area contributed by atoms with E-state index >= 15 is 0 Å². The molecule has 0 unspecified atom stereocenters. The number of methoxy groups -OCH3 is 1. The Labute approximate surface area is 240 Å². The largest absolute Gasteiger partial charge is 0.497 e. The van der Waals surface area contributed by atoms with Gasteiger partial charge in [0.05, 0.1) is 23.3 Å². The van der Waals surface area contributed by atoms with Crippen molar-refractivity contribution in [1.29, 1.82) is 0 Å². The van der Waals surface area contributed by atoms with Crippen molar-refractivity contribution in [2.24, 2.45) is 0 Å². The van der Waals surface area contributed by atoms with E-state index in [1.54, 1.807) is 24.1 Å². The summed E-state index contributed by atoms with van der Waals surface area (Å²) >= 11 is 0. The Morgan fingerprint density at radius 3 is 2.15 bits per heavy atom. The molecule has 1 aliphatic heterocycles. The van der Waals surface area contributed by atoms with Crippen molar-refractivity contribution >= 4 is 26.7 Å². The number of piperazine rings is 1. The lowest BCUT2D eigenvalue weighted by molar-refractivity contribution is 0.0697. The average molecular weight is 566 g/mol. The number of sulfonamides is 1. The van der Waals surface area contributed by atoms with E-state index < -0.39 is 10.0 Å². The predicted octanol–water partition coefficient (Wildman–Crippen LogP) is 5.76. The number of hydrogen-bond donors (Lipinski definition) is 0. The van der Waals surface area contributed by atoms with Gasteiger partial charge >= 0.3 is 0 Å². The first-order chi connectivity index (χ1) is 19.9. The molecule has 2 heterocycles. The van der Waals surface area contributed by atoms with Crippen LogP contribution in [-0.4, -0.2) is 61.4 Å². The molecule has 0 saturated carbocycles. The second kappa shape index (κ2) is 10.9. The fourth-order valence-corrected chi connectivity index (χ4v) is 7.21. The van der Waals surface area contributed by atoms with Gasteiger partial charge in [-0.05, 0) is 66.4 Å². The topological polar surface area (TPSA) is 71.8 Å². The van der Waals surface area contributed by atoms with E-state index in [0.29, 0.717) is 28.9 Å². The number of aromatic nitrogens is 1. The molecule has 1 aliphatic rings. The van der Waals surface area contributed by atoms with Crippen LogP contribution in [0.2, 0.25) is 0 Å². The zero-order chi connectivity index (χ0) is 28.6. The van der Waals surface area contributed by atoms with E-state index in [9.17, 15) is 13.2 Å². The highest BCUT2D eigenvalue weighted by Crippen LogP contribution is 2.32. The zero-order valence-electron chi connectivity index (χ0n) is 23.0. The molecule has 5 aromatic rings. The molecular formula is C33H31N3O4S. The molecule has 1 aromatic heterocycles. The van der Waals surface area contributed by atoms with Crippen molar-refractivity contribution in [3.63, 3.8) is 0 Å². The molecular weight excluding hydrogens is 534 g/mol. The minimum absolute atomic E-state index is 0.103. The van der Waals surface area contributed by atoms with Gasteiger partial charge in [-0.2, -0.15) is 4.31 Å². The van der Waals surface area contributed by atoms with Crippen LogP contribution in [0.15, 0.2) is 108 Å². The molecule has 0 N–H and O–H groups in total. The summed E-state index contributed by atoms with van der Waals surface area (Å²) in [6.07, 6.45) is 0. The molecule has 1 amide bonds. The second-order valence-corrected chi connectivity index (χ2v) is 12.0. The number of fused-ring (bicyclic) bond motifs is 1. The third-order valence-electron chi connectivity index (χ3n) is 7.77. The number of amides is 1. The standard InChI is InChI=1S/C33H31N3O4S/c1-24-30(23-31(26-15-17-28(40-2)18-16-26)36(24)27-11-4-3-5-12-27)33(37)34-19-21-35(22-20-34)41(38,39)32-14-8-10-25-9-6-7-13-29(25)32/h3-18,23H,19-22H2,1-2H3. The number of para-hydroxylation sites is 1. The van der Waals surface area contributed by atoms with Crippen molar-refractivity contribution in [1.82, 2.24) is 13.8 Å². The van der Waals surface area contributed by atoms with Crippen molar-refractivity contribution in [2.75, 3.05) is 33.3 Å². The van der Waals surface area contributed by atoms with E-state index in [1.807, 2.05) is 97.9 Å². The van der Waals surface area contributed by atoms with Crippen LogP contribution in [0, 0.1) is 6.92 Å². The lowest BCUT2D eigenvalue weighted by Crippen LogP contribution is -2.50. The van der Waals surface area contributed by atoms with Gasteiger partial charge in [0.25, 0.3) is 5.91 Å². The summed E-state index contributed by atoms with van der Waals surface area (Å²) < 4.78 is 36.2. The summed E-state index contributed by atoms with van der Waals surface area (Å²) in [5.41, 5.74) is 4.25. The third-order valence-corrected chi connectivity index (χ3v) is 9.73. The molecule has 4 aromatic carbocycles. The molecule has 7 nitrogen and oxygen atoms in total. The summed E-state index contributed by atoms with van der Waals surface area (Å²) in [5, 5.41) is 1.59. The van der Waals surface area contributed by atoms with Crippen molar-refractivity contribution in [2.45, 2.75) is 11.8 Å². The maximum atomic E-state index is 13.9. The summed E-state index contributed by atoms with van der Waals surface area (Å²) in [7, 11) is -2.08. The summed E-state index contributed by atoms with van der Waals surface area (Å²) in [6.45, 7) is 3.06. The van der Waals surface area contributed by atoms with Gasteiger partial charge in [-0.15, -0.1) is 0 Å². The minimum Gasteiger partial charge on any atom is -0.497 e. The fraction of sp³-hybridized carbons (Fsp3) is 0.182. The van der Waals surface area contributed by atoms with E-state index in [-0.39, 0.29) is 19.0 Å². The SMILES string of the molecule is COc1ccc(-c2cc(C(=O)N3CCN(S(=O)(=O)c4cccc5ccccc45)CC3)c(C)n2-c2ccccc2)cc1. The lowest BCUT2D eigenvalue weighted by atomic mass is 10.1. The van der Waals surface area contributed by atoms with Gasteiger partial charge in [0.1, 0.15) is 5.75 Å². The third kappa shape index (κ3) is 4.90. The Hall–Kier alpha value is -4.40. The van der Waals surface area contributed by atoms with Gasteiger partial charge in [0.15, 0.2) is 0 Å². The number of hydrogen-bond acceptors (Lipinski definition) is 4. The zero-order valence-corrected chi connectivity index (χ0v) is 23.8. The summed E-state index contributed by atoms with van der Waals surface area (Å²) in [6, 6.07) is 32.5. The predicted molar refractivity (Wildman–Crippen MR) is 161 cm³/mol. The Balaban J connectivity index is 1.28. The maximum Gasteiger partial charge on any atom is 0.255 e. The van der Waals surface area contributed by atoms with Crippen molar-refractivity contribution in [3.8, 4) is 22.7 Å². The van der Waals surface area contributed by atoms with Crippen LogP contribution in [-0.2, 0) is 10.0 Å². The first-order valence-corrected chi connectivity index (χ1v) is 15.0. The van der Waals surface area contributed by atoms with Crippen LogP contribution in [0.5, 0.6) is 5.75 Å². The molecule has 8 heteroatoms. The minimum atomic E-state index is -3.71. The van der Waals surface area contributed by atoms with Crippen LogP contribution in [0.25, 0.3) is 27.7 Å². The highest BCUT2D eigenvalue weighted by Gasteiger charge is 2.32. The average Bonchev–Trinajstić information content (AvgIpc) is 3.37. The molecule has 6 rings (SSSR count). The van der Waals surface area contributed by atoms with Crippen molar-refractivity contribution in [3.05, 3.63) is 114 Å². The number of nitrogens with zero attached hydrogens (tertiary/aromatic N) is 3. The Morgan fingerprint density at radius 2 is 1.44 bits per heavy atom. The van der Waals surface area contributed by atoms with Gasteiger partial charge in [-0.3, -0.25) is 4.79 Å². The van der Waals surface area contributed by atoms with Gasteiger partial charge in [0.2, 0.25) is 10.0 Å². The molecule has 41 heavy (non-hydrogen) atoms. The lowest BCUT2D eigenvalue weighted by Gasteiger charge is -2.34. The monoisotopic (exact) mass is 565 g/mol. The van der Waals surface area contributed by atoms with Gasteiger partial charge in [0, 0.05) is 42.9 Å². The van der Waals surface area contributed by atoms with E-state index in [0.717, 1.165) is 33.8 Å². The Morgan fingerprint density at radius 1 is 0.780 bits per heavy atom. The first kappa shape index (κ1) is 26.8. The van der Waals surface area contributed by atoms with E-state index in [2.05, 4.69) is 4.57 Å². The van der Waals surface area contributed by atoms with Crippen LogP contribution >= 0.6 is 0 Å². The Bertz CT molecular complexity index is 1820. The molecule has 208 valence electrons. The first-order valence-electron chi connectivity index (χ1n) is 13.6. The second-order valence-electron chi connectivity index (χ2n) is 10.1. The molecule has 0 radical (unpaired) electrons. The van der Waals surface area contributed by atoms with Gasteiger partial charge in [-0.25, -0.2) is 8.42 Å². The van der Waals surface area contributed by atoms with Gasteiger partial charge in [-0.1, -0.05) is 54.6 Å². The molecule has 0 aliphatic carbocycles. The van der Waals surface area contributed by atoms with Crippen LogP contribution in [0.1, 0.15) is 16.1 Å². The highest BCUT2D eigenvalue weighted by atomic mass is 32.2. The maximum absolute atomic E-state index is 13.9. The van der Waals surface area contributed by atoms with Crippen LogP contribution in [0.3, 0.4) is 0 Å². The smallest absolute Gasteiger partial charge is 0.255 e. The number of ether oxygens (including phenoxy) is 1.